The molecule has 0 aromatic rings. The molecule has 66 valence electrons. The van der Waals surface area contributed by atoms with Crippen LogP contribution in [0.1, 0.15) is 20.3 Å². The largest absolute Gasteiger partial charge is 0.348 e. The van der Waals surface area contributed by atoms with Gasteiger partial charge >= 0.3 is 0 Å². The summed E-state index contributed by atoms with van der Waals surface area (Å²) in [6.07, 6.45) is 0.925. The third kappa shape index (κ3) is 2.75. The van der Waals surface area contributed by atoms with Gasteiger partial charge in [0.15, 0.2) is 5.79 Å². The Bertz CT molecular complexity index is 127. The molecular formula is C7H15NO3. The second-order valence-electron chi connectivity index (χ2n) is 3.11. The van der Waals surface area contributed by atoms with Crippen LogP contribution in [-0.4, -0.2) is 25.1 Å². The Morgan fingerprint density at radius 2 is 2.36 bits per heavy atom. The molecule has 1 saturated heterocycles. The van der Waals surface area contributed by atoms with Crippen LogP contribution < -0.4 is 5.90 Å². The molecule has 0 unspecified atom stereocenters. The minimum absolute atomic E-state index is 0.133. The van der Waals surface area contributed by atoms with E-state index >= 15 is 0 Å². The maximum atomic E-state index is 5.49. The minimum atomic E-state index is -0.431. The fourth-order valence-corrected chi connectivity index (χ4v) is 1.10. The topological polar surface area (TPSA) is 53.7 Å². The van der Waals surface area contributed by atoms with Crippen LogP contribution in [-0.2, 0) is 14.3 Å². The predicted octanol–water partition coefficient (Wildman–Crippen LogP) is 0.418. The normalized spacial score (nSPS) is 29.2. The zero-order valence-electron chi connectivity index (χ0n) is 7.00. The summed E-state index contributed by atoms with van der Waals surface area (Å²) < 4.78 is 10.8. The standard InChI is InChI=1S/C7H15NO3/c1-7(2)9-5-6(11-7)3-4-10-8/h6H,3-5,8H2,1-2H3/t6-/m0/s1. The average Bonchev–Trinajstić information content (AvgIpc) is 2.26. The molecule has 1 aliphatic rings. The van der Waals surface area contributed by atoms with Crippen molar-refractivity contribution in [1.29, 1.82) is 0 Å². The van der Waals surface area contributed by atoms with Crippen molar-refractivity contribution >= 4 is 0 Å². The van der Waals surface area contributed by atoms with Gasteiger partial charge in [-0.1, -0.05) is 0 Å². The summed E-state index contributed by atoms with van der Waals surface area (Å²) in [4.78, 5) is 4.44. The van der Waals surface area contributed by atoms with E-state index in [1.54, 1.807) is 0 Å². The molecule has 0 aromatic heterocycles. The van der Waals surface area contributed by atoms with Gasteiger partial charge in [0, 0.05) is 6.42 Å². The molecule has 1 atom stereocenters. The molecule has 4 nitrogen and oxygen atoms in total. The van der Waals surface area contributed by atoms with E-state index in [0.29, 0.717) is 13.2 Å². The average molecular weight is 161 g/mol. The molecule has 4 heteroatoms. The summed E-state index contributed by atoms with van der Waals surface area (Å²) in [5.74, 6) is 4.45. The monoisotopic (exact) mass is 161 g/mol. The lowest BCUT2D eigenvalue weighted by atomic mass is 10.3. The molecule has 0 aliphatic carbocycles. The highest BCUT2D eigenvalue weighted by molar-refractivity contribution is 4.70. The van der Waals surface area contributed by atoms with Gasteiger partial charge in [0.1, 0.15) is 0 Å². The number of hydrogen-bond acceptors (Lipinski definition) is 4. The van der Waals surface area contributed by atoms with Gasteiger partial charge in [0.05, 0.1) is 19.3 Å². The molecule has 0 spiro atoms. The van der Waals surface area contributed by atoms with Crippen LogP contribution in [0.25, 0.3) is 0 Å². The lowest BCUT2D eigenvalue weighted by molar-refractivity contribution is -0.140. The van der Waals surface area contributed by atoms with E-state index in [1.807, 2.05) is 13.8 Å². The van der Waals surface area contributed by atoms with E-state index in [2.05, 4.69) is 4.84 Å². The number of nitrogens with two attached hydrogens (primary N) is 1. The van der Waals surface area contributed by atoms with Gasteiger partial charge in [0.2, 0.25) is 0 Å². The smallest absolute Gasteiger partial charge is 0.163 e. The quantitative estimate of drug-likeness (QED) is 0.609. The van der Waals surface area contributed by atoms with Crippen molar-refractivity contribution in [2.24, 2.45) is 5.90 Å². The molecule has 0 radical (unpaired) electrons. The summed E-state index contributed by atoms with van der Waals surface area (Å²) in [5, 5.41) is 0. The van der Waals surface area contributed by atoms with Crippen molar-refractivity contribution in [3.05, 3.63) is 0 Å². The Kier molecular flexibility index (Phi) is 2.84. The van der Waals surface area contributed by atoms with Gasteiger partial charge < -0.3 is 14.3 Å². The van der Waals surface area contributed by atoms with Crippen LogP contribution in [0.15, 0.2) is 0 Å². The summed E-state index contributed by atoms with van der Waals surface area (Å²) in [6, 6.07) is 0. The first kappa shape index (κ1) is 8.93. The molecule has 1 rings (SSSR count). The van der Waals surface area contributed by atoms with Crippen LogP contribution >= 0.6 is 0 Å². The fraction of sp³-hybridized carbons (Fsp3) is 1.00. The molecular weight excluding hydrogens is 146 g/mol. The molecule has 0 saturated carbocycles. The van der Waals surface area contributed by atoms with Gasteiger partial charge in [-0.25, -0.2) is 5.90 Å². The highest BCUT2D eigenvalue weighted by Gasteiger charge is 2.31. The molecule has 1 fully saturated rings. The van der Waals surface area contributed by atoms with Gasteiger partial charge in [-0.3, -0.25) is 0 Å². The highest BCUT2D eigenvalue weighted by Crippen LogP contribution is 2.23. The zero-order chi connectivity index (χ0) is 8.32. The van der Waals surface area contributed by atoms with Gasteiger partial charge in [-0.2, -0.15) is 0 Å². The van der Waals surface area contributed by atoms with E-state index in [9.17, 15) is 0 Å². The van der Waals surface area contributed by atoms with E-state index in [4.69, 9.17) is 15.4 Å². The van der Waals surface area contributed by atoms with Gasteiger partial charge in [-0.05, 0) is 13.8 Å². The molecule has 0 aromatic carbocycles. The van der Waals surface area contributed by atoms with Gasteiger partial charge in [-0.15, -0.1) is 0 Å². The van der Waals surface area contributed by atoms with Crippen LogP contribution in [0.2, 0.25) is 0 Å². The molecule has 1 heterocycles. The third-order valence-electron chi connectivity index (χ3n) is 1.62. The zero-order valence-corrected chi connectivity index (χ0v) is 7.00. The molecule has 0 amide bonds. The highest BCUT2D eigenvalue weighted by atomic mass is 16.7. The summed E-state index contributed by atoms with van der Waals surface area (Å²) in [5.41, 5.74) is 0. The molecule has 0 bridgehead atoms. The van der Waals surface area contributed by atoms with Crippen molar-refractivity contribution in [1.82, 2.24) is 0 Å². The molecule has 2 N–H and O–H groups in total. The lowest BCUT2D eigenvalue weighted by Gasteiger charge is -2.16. The predicted molar refractivity (Wildman–Crippen MR) is 39.7 cm³/mol. The van der Waals surface area contributed by atoms with Crippen molar-refractivity contribution in [3.63, 3.8) is 0 Å². The van der Waals surface area contributed by atoms with E-state index in [1.165, 1.54) is 0 Å². The lowest BCUT2D eigenvalue weighted by Crippen LogP contribution is -2.22. The van der Waals surface area contributed by atoms with Crippen molar-refractivity contribution in [2.75, 3.05) is 13.2 Å². The third-order valence-corrected chi connectivity index (χ3v) is 1.62. The summed E-state index contributed by atoms with van der Waals surface area (Å²) >= 11 is 0. The van der Waals surface area contributed by atoms with E-state index in [0.717, 1.165) is 6.42 Å². The maximum absolute atomic E-state index is 5.49. The second-order valence-corrected chi connectivity index (χ2v) is 3.11. The summed E-state index contributed by atoms with van der Waals surface area (Å²) in [6.45, 7) is 4.95. The fourth-order valence-electron chi connectivity index (χ4n) is 1.10. The van der Waals surface area contributed by atoms with Crippen molar-refractivity contribution < 1.29 is 14.3 Å². The van der Waals surface area contributed by atoms with Crippen LogP contribution in [0, 0.1) is 0 Å². The van der Waals surface area contributed by atoms with Crippen LogP contribution in [0.5, 0.6) is 0 Å². The molecule has 11 heavy (non-hydrogen) atoms. The van der Waals surface area contributed by atoms with Crippen molar-refractivity contribution in [2.45, 2.75) is 32.2 Å². The summed E-state index contributed by atoms with van der Waals surface area (Å²) in [7, 11) is 0. The maximum Gasteiger partial charge on any atom is 0.163 e. The Hall–Kier alpha value is -0.160. The Balaban J connectivity index is 2.20. The van der Waals surface area contributed by atoms with Gasteiger partial charge in [0.25, 0.3) is 0 Å². The Morgan fingerprint density at radius 3 is 2.82 bits per heavy atom. The minimum Gasteiger partial charge on any atom is -0.348 e. The van der Waals surface area contributed by atoms with Crippen LogP contribution in [0.4, 0.5) is 0 Å². The number of rotatable bonds is 3. The Labute approximate surface area is 66.6 Å². The van der Waals surface area contributed by atoms with E-state index < -0.39 is 5.79 Å². The molecule has 1 aliphatic heterocycles. The number of hydrogen-bond donors (Lipinski definition) is 1. The van der Waals surface area contributed by atoms with Crippen LogP contribution in [0.3, 0.4) is 0 Å². The number of ether oxygens (including phenoxy) is 2. The second kappa shape index (κ2) is 3.49. The first-order valence-electron chi connectivity index (χ1n) is 3.77. The SMILES string of the molecule is CC1(C)OC[C@H](CCON)O1. The first-order valence-corrected chi connectivity index (χ1v) is 3.77. The van der Waals surface area contributed by atoms with E-state index in [-0.39, 0.29) is 6.10 Å². The van der Waals surface area contributed by atoms with Crippen molar-refractivity contribution in [3.8, 4) is 0 Å². The Morgan fingerprint density at radius 1 is 1.64 bits per heavy atom. The first-order chi connectivity index (χ1) is 5.14.